The summed E-state index contributed by atoms with van der Waals surface area (Å²) in [5, 5.41) is 0.673. The van der Waals surface area contributed by atoms with Crippen molar-refractivity contribution in [1.82, 2.24) is 0 Å². The summed E-state index contributed by atoms with van der Waals surface area (Å²) < 4.78 is 0. The zero-order valence-corrected chi connectivity index (χ0v) is 29.3. The van der Waals surface area contributed by atoms with Crippen LogP contribution < -0.4 is 0 Å². The number of hydrogen-bond donors (Lipinski definition) is 0. The van der Waals surface area contributed by atoms with Crippen LogP contribution in [0.15, 0.2) is 133 Å². The summed E-state index contributed by atoms with van der Waals surface area (Å²) in [4.78, 5) is 0. The highest BCUT2D eigenvalue weighted by Gasteiger charge is 2.19. The first-order chi connectivity index (χ1) is 22.3. The van der Waals surface area contributed by atoms with Gasteiger partial charge < -0.3 is 0 Å². The maximum atomic E-state index is 2.43. The van der Waals surface area contributed by atoms with Gasteiger partial charge in [-0.05, 0) is 132 Å². The second kappa shape index (κ2) is 14.2. The normalized spacial score (nSPS) is 12.6. The van der Waals surface area contributed by atoms with Crippen molar-refractivity contribution in [3.05, 3.63) is 167 Å². The van der Waals surface area contributed by atoms with Crippen LogP contribution in [0, 0.1) is 27.7 Å². The molecule has 230 valence electrons. The van der Waals surface area contributed by atoms with Crippen molar-refractivity contribution in [2.45, 2.75) is 52.0 Å². The predicted octanol–water partition coefficient (Wildman–Crippen LogP) is 13.8. The third kappa shape index (κ3) is 6.75. The average molecular weight is 635 g/mol. The monoisotopic (exact) mass is 634 g/mol. The minimum atomic E-state index is 0.336. The van der Waals surface area contributed by atoms with Crippen LogP contribution in [-0.2, 0) is 0 Å². The van der Waals surface area contributed by atoms with E-state index >= 15 is 0 Å². The Kier molecular flexibility index (Phi) is 9.87. The molecule has 0 heterocycles. The van der Waals surface area contributed by atoms with E-state index in [4.69, 9.17) is 0 Å². The molecule has 0 aliphatic heterocycles. The molecular formula is C44H42S2. The number of rotatable bonds is 9. The fourth-order valence-electron chi connectivity index (χ4n) is 6.32. The lowest BCUT2D eigenvalue weighted by atomic mass is 9.89. The number of benzene rings is 6. The molecule has 0 amide bonds. The van der Waals surface area contributed by atoms with Crippen LogP contribution in [-0.4, -0.2) is 0 Å². The van der Waals surface area contributed by atoms with Crippen LogP contribution in [0.2, 0.25) is 0 Å². The lowest BCUT2D eigenvalue weighted by molar-refractivity contribution is 1.10. The Morgan fingerprint density at radius 1 is 0.326 bits per heavy atom. The molecule has 6 aromatic rings. The summed E-state index contributed by atoms with van der Waals surface area (Å²) >= 11 is 0. The van der Waals surface area contributed by atoms with E-state index in [1.165, 1.54) is 77.9 Å². The van der Waals surface area contributed by atoms with Crippen molar-refractivity contribution in [3.8, 4) is 44.5 Å². The Labute approximate surface area is 283 Å². The lowest BCUT2D eigenvalue weighted by Crippen LogP contribution is -1.96. The Morgan fingerprint density at radius 3 is 0.913 bits per heavy atom. The van der Waals surface area contributed by atoms with Gasteiger partial charge in [0.05, 0.1) is 0 Å². The molecule has 0 aromatic heterocycles. The highest BCUT2D eigenvalue weighted by atomic mass is 33.1. The van der Waals surface area contributed by atoms with Crippen LogP contribution >= 0.6 is 21.6 Å². The van der Waals surface area contributed by atoms with Gasteiger partial charge in [0.2, 0.25) is 0 Å². The van der Waals surface area contributed by atoms with Gasteiger partial charge in [-0.1, -0.05) is 143 Å². The van der Waals surface area contributed by atoms with Gasteiger partial charge in [-0.15, -0.1) is 0 Å². The third-order valence-corrected chi connectivity index (χ3v) is 12.4. The first kappa shape index (κ1) is 32.0. The molecule has 0 unspecified atom stereocenters. The zero-order chi connectivity index (χ0) is 32.2. The summed E-state index contributed by atoms with van der Waals surface area (Å²) in [5.74, 6) is 0. The van der Waals surface area contributed by atoms with Gasteiger partial charge >= 0.3 is 0 Å². The zero-order valence-electron chi connectivity index (χ0n) is 27.7. The van der Waals surface area contributed by atoms with E-state index in [-0.39, 0.29) is 0 Å². The fraction of sp³-hybridized carbons (Fsp3) is 0.182. The molecule has 6 aromatic carbocycles. The van der Waals surface area contributed by atoms with Crippen LogP contribution in [0.1, 0.15) is 57.7 Å². The van der Waals surface area contributed by atoms with E-state index in [0.29, 0.717) is 10.5 Å². The van der Waals surface area contributed by atoms with E-state index in [2.05, 4.69) is 175 Å². The van der Waals surface area contributed by atoms with E-state index in [1.807, 2.05) is 21.6 Å². The van der Waals surface area contributed by atoms with Crippen LogP contribution in [0.5, 0.6) is 0 Å². The summed E-state index contributed by atoms with van der Waals surface area (Å²) in [6, 6.07) is 49.2. The molecule has 6 rings (SSSR count). The maximum absolute atomic E-state index is 2.43. The Balaban J connectivity index is 1.29. The fourth-order valence-corrected chi connectivity index (χ4v) is 8.84. The molecule has 2 heteroatoms. The Bertz CT molecular complexity index is 1840. The van der Waals surface area contributed by atoms with Gasteiger partial charge in [-0.2, -0.15) is 0 Å². The summed E-state index contributed by atoms with van der Waals surface area (Å²) in [6.07, 6.45) is 0. The van der Waals surface area contributed by atoms with Crippen molar-refractivity contribution in [3.63, 3.8) is 0 Å². The smallest absolute Gasteiger partial charge is 0.0373 e. The van der Waals surface area contributed by atoms with E-state index in [9.17, 15) is 0 Å². The molecular weight excluding hydrogens is 593 g/mol. The van der Waals surface area contributed by atoms with Crippen molar-refractivity contribution in [1.29, 1.82) is 0 Å². The van der Waals surface area contributed by atoms with Gasteiger partial charge in [0.1, 0.15) is 0 Å². The van der Waals surface area contributed by atoms with Gasteiger partial charge in [0.25, 0.3) is 0 Å². The van der Waals surface area contributed by atoms with Crippen molar-refractivity contribution in [2.75, 3.05) is 0 Å². The summed E-state index contributed by atoms with van der Waals surface area (Å²) in [5.41, 5.74) is 18.3. The quantitative estimate of drug-likeness (QED) is 0.145. The van der Waals surface area contributed by atoms with Gasteiger partial charge in [0.15, 0.2) is 0 Å². The molecule has 0 N–H and O–H groups in total. The van der Waals surface area contributed by atoms with Gasteiger partial charge in [-0.25, -0.2) is 0 Å². The van der Waals surface area contributed by atoms with E-state index in [0.717, 1.165) is 0 Å². The first-order valence-corrected chi connectivity index (χ1v) is 18.4. The minimum Gasteiger partial charge on any atom is -0.0856 e. The molecule has 0 fully saturated rings. The first-order valence-electron chi connectivity index (χ1n) is 16.2. The minimum absolute atomic E-state index is 0.336. The van der Waals surface area contributed by atoms with Crippen molar-refractivity contribution in [2.24, 2.45) is 0 Å². The van der Waals surface area contributed by atoms with Crippen molar-refractivity contribution >= 4 is 21.6 Å². The molecule has 0 nitrogen and oxygen atoms in total. The lowest BCUT2D eigenvalue weighted by Gasteiger charge is -2.21. The van der Waals surface area contributed by atoms with Crippen molar-refractivity contribution < 1.29 is 0 Å². The highest BCUT2D eigenvalue weighted by Crippen LogP contribution is 2.48. The number of aryl methyl sites for hydroxylation is 4. The largest absolute Gasteiger partial charge is 0.0856 e. The van der Waals surface area contributed by atoms with E-state index < -0.39 is 0 Å². The molecule has 0 aliphatic rings. The Morgan fingerprint density at radius 2 is 0.609 bits per heavy atom. The SMILES string of the molecule is Cc1ccccc1-c1ccc([C@@H](C)SS[C@H](C)c2ccc(-c3ccccc3C)c(-c3ccccc3C)c2)cc1-c1ccccc1C. The van der Waals surface area contributed by atoms with E-state index in [1.54, 1.807) is 0 Å². The second-order valence-electron chi connectivity index (χ2n) is 12.3. The van der Waals surface area contributed by atoms with Gasteiger partial charge in [0, 0.05) is 10.5 Å². The Hall–Kier alpha value is -3.98. The predicted molar refractivity (Wildman–Crippen MR) is 206 cm³/mol. The molecule has 0 saturated carbocycles. The average Bonchev–Trinajstić information content (AvgIpc) is 3.07. The molecule has 2 atom stereocenters. The molecule has 0 spiro atoms. The van der Waals surface area contributed by atoms with Crippen LogP contribution in [0.3, 0.4) is 0 Å². The maximum Gasteiger partial charge on any atom is 0.0373 e. The van der Waals surface area contributed by atoms with Crippen LogP contribution in [0.4, 0.5) is 0 Å². The number of hydrogen-bond acceptors (Lipinski definition) is 2. The molecule has 0 radical (unpaired) electrons. The standard InChI is InChI=1S/C44H42S2/c1-29-15-7-11-19-37(29)41-25-23-35(27-43(41)39-21-13-9-17-31(39)3)33(5)45-46-34(6)36-24-26-42(38-20-12-8-16-30(38)2)44(28-36)40-22-14-10-18-32(40)4/h7-28,33-34H,1-6H3/t33-,34-/m1/s1. The topological polar surface area (TPSA) is 0 Å². The molecule has 0 saturated heterocycles. The summed E-state index contributed by atoms with van der Waals surface area (Å²) in [6.45, 7) is 13.5. The van der Waals surface area contributed by atoms with Gasteiger partial charge in [-0.3, -0.25) is 0 Å². The second-order valence-corrected chi connectivity index (χ2v) is 15.3. The van der Waals surface area contributed by atoms with Crippen LogP contribution in [0.25, 0.3) is 44.5 Å². The molecule has 0 bridgehead atoms. The molecule has 46 heavy (non-hydrogen) atoms. The summed E-state index contributed by atoms with van der Waals surface area (Å²) in [7, 11) is 3.94. The molecule has 0 aliphatic carbocycles. The third-order valence-electron chi connectivity index (χ3n) is 9.11. The highest BCUT2D eigenvalue weighted by molar-refractivity contribution is 8.76.